The van der Waals surface area contributed by atoms with Gasteiger partial charge in [0, 0.05) is 32.2 Å². The van der Waals surface area contributed by atoms with Crippen molar-refractivity contribution in [2.75, 3.05) is 19.6 Å². The lowest BCUT2D eigenvalue weighted by molar-refractivity contribution is -0.149. The van der Waals surface area contributed by atoms with Gasteiger partial charge < -0.3 is 15.3 Å². The molecule has 1 aromatic carbocycles. The molecule has 2 N–H and O–H groups in total. The van der Waals surface area contributed by atoms with Gasteiger partial charge in [-0.05, 0) is 6.07 Å². The number of carboxylic acid groups (broad SMARTS) is 1. The molecule has 8 heteroatoms. The van der Waals surface area contributed by atoms with Crippen molar-refractivity contribution >= 4 is 17.8 Å². The number of nitrogens with one attached hydrogen (secondary N) is 1. The van der Waals surface area contributed by atoms with Gasteiger partial charge in [0.25, 0.3) is 5.91 Å². The van der Waals surface area contributed by atoms with Gasteiger partial charge in [0.05, 0.1) is 11.6 Å². The summed E-state index contributed by atoms with van der Waals surface area (Å²) < 4.78 is 1.49. The number of rotatable bonds is 3. The van der Waals surface area contributed by atoms with Crippen LogP contribution in [0.2, 0.25) is 0 Å². The maximum Gasteiger partial charge on any atom is 0.314 e. The number of aliphatic carboxylic acids is 1. The van der Waals surface area contributed by atoms with Crippen molar-refractivity contribution in [2.24, 2.45) is 18.4 Å². The molecule has 0 unspecified atom stereocenters. The summed E-state index contributed by atoms with van der Waals surface area (Å²) in [6.45, 7) is 0.162. The molecule has 134 valence electrons. The highest BCUT2D eigenvalue weighted by Crippen LogP contribution is 2.40. The molecule has 0 radical (unpaired) electrons. The summed E-state index contributed by atoms with van der Waals surface area (Å²) in [5, 5.41) is 16.6. The minimum atomic E-state index is -1.24. The van der Waals surface area contributed by atoms with Crippen molar-refractivity contribution < 1.29 is 19.5 Å². The zero-order valence-electron chi connectivity index (χ0n) is 14.2. The first-order chi connectivity index (χ1) is 12.4. The second-order valence-electron chi connectivity index (χ2n) is 6.82. The van der Waals surface area contributed by atoms with Gasteiger partial charge in [-0.15, -0.1) is 0 Å². The Morgan fingerprint density at radius 3 is 2.69 bits per heavy atom. The maximum absolute atomic E-state index is 13.0. The zero-order valence-corrected chi connectivity index (χ0v) is 14.2. The van der Waals surface area contributed by atoms with Crippen LogP contribution < -0.4 is 5.32 Å². The number of carbonyl (C=O) groups excluding carboxylic acids is 2. The lowest BCUT2D eigenvalue weighted by Crippen LogP contribution is -2.41. The fourth-order valence-electron chi connectivity index (χ4n) is 3.82. The van der Waals surface area contributed by atoms with E-state index in [-0.39, 0.29) is 31.4 Å². The van der Waals surface area contributed by atoms with Gasteiger partial charge in [0.1, 0.15) is 11.1 Å². The Morgan fingerprint density at radius 1 is 1.31 bits per heavy atom. The van der Waals surface area contributed by atoms with E-state index in [0.29, 0.717) is 11.4 Å². The third-order valence-corrected chi connectivity index (χ3v) is 5.32. The van der Waals surface area contributed by atoms with Crippen LogP contribution in [0, 0.1) is 11.3 Å². The molecule has 0 aliphatic carbocycles. The highest BCUT2D eigenvalue weighted by molar-refractivity contribution is 5.98. The molecule has 26 heavy (non-hydrogen) atoms. The number of hydrogen-bond acceptors (Lipinski definition) is 4. The molecule has 8 nitrogen and oxygen atoms in total. The van der Waals surface area contributed by atoms with E-state index in [4.69, 9.17) is 0 Å². The van der Waals surface area contributed by atoms with Crippen LogP contribution >= 0.6 is 0 Å². The first-order valence-electron chi connectivity index (χ1n) is 8.32. The van der Waals surface area contributed by atoms with Crippen LogP contribution in [0.3, 0.4) is 0 Å². The predicted octanol–water partition coefficient (Wildman–Crippen LogP) is 0.360. The van der Waals surface area contributed by atoms with Crippen molar-refractivity contribution in [2.45, 2.75) is 0 Å². The second kappa shape index (κ2) is 5.69. The second-order valence-corrected chi connectivity index (χ2v) is 6.82. The molecule has 2 amide bonds. The number of amides is 2. The van der Waals surface area contributed by atoms with Gasteiger partial charge in [-0.25, -0.2) is 0 Å². The topological polar surface area (TPSA) is 105 Å². The molecule has 0 saturated carbocycles. The van der Waals surface area contributed by atoms with Crippen LogP contribution in [-0.2, 0) is 16.6 Å². The molecular weight excluding hydrogens is 336 g/mol. The fraction of sp³-hybridized carbons (Fsp3) is 0.333. The van der Waals surface area contributed by atoms with Crippen LogP contribution in [0.1, 0.15) is 10.5 Å². The van der Waals surface area contributed by atoms with Gasteiger partial charge in [-0.3, -0.25) is 19.1 Å². The summed E-state index contributed by atoms with van der Waals surface area (Å²) in [5.74, 6) is -2.39. The minimum Gasteiger partial charge on any atom is -0.481 e. The van der Waals surface area contributed by atoms with Crippen LogP contribution in [0.25, 0.3) is 11.3 Å². The minimum absolute atomic E-state index is 0.0103. The Hall–Kier alpha value is -3.16. The molecule has 2 aliphatic rings. The molecule has 2 fully saturated rings. The normalized spacial score (nSPS) is 24.4. The first-order valence-corrected chi connectivity index (χ1v) is 8.32. The number of aryl methyl sites for hydroxylation is 1. The molecule has 1 aromatic heterocycles. The summed E-state index contributed by atoms with van der Waals surface area (Å²) in [6.07, 6.45) is 0. The Bertz CT molecular complexity index is 907. The van der Waals surface area contributed by atoms with E-state index in [9.17, 15) is 19.5 Å². The van der Waals surface area contributed by atoms with Crippen molar-refractivity contribution in [3.63, 3.8) is 0 Å². The predicted molar refractivity (Wildman–Crippen MR) is 91.1 cm³/mol. The largest absolute Gasteiger partial charge is 0.481 e. The lowest BCUT2D eigenvalue weighted by Gasteiger charge is -2.21. The van der Waals surface area contributed by atoms with E-state index < -0.39 is 17.3 Å². The van der Waals surface area contributed by atoms with Crippen LogP contribution in [-0.4, -0.2) is 57.2 Å². The smallest absolute Gasteiger partial charge is 0.314 e. The average Bonchev–Trinajstić information content (AvgIpc) is 3.29. The number of likely N-dealkylation sites (tertiary alicyclic amines) is 1. The van der Waals surface area contributed by atoms with E-state index in [1.165, 1.54) is 9.58 Å². The van der Waals surface area contributed by atoms with Crippen LogP contribution in [0.5, 0.6) is 0 Å². The lowest BCUT2D eigenvalue weighted by atomic mass is 9.81. The third-order valence-electron chi connectivity index (χ3n) is 5.32. The monoisotopic (exact) mass is 354 g/mol. The summed E-state index contributed by atoms with van der Waals surface area (Å²) in [5.41, 5.74) is 0.682. The van der Waals surface area contributed by atoms with Gasteiger partial charge in [0.2, 0.25) is 5.91 Å². The van der Waals surface area contributed by atoms with Crippen LogP contribution in [0.4, 0.5) is 0 Å². The Balaban J connectivity index is 1.63. The quantitative estimate of drug-likeness (QED) is 0.828. The van der Waals surface area contributed by atoms with Gasteiger partial charge in [0.15, 0.2) is 0 Å². The molecular formula is C18H18N4O4. The Morgan fingerprint density at radius 2 is 2.04 bits per heavy atom. The summed E-state index contributed by atoms with van der Waals surface area (Å²) in [7, 11) is 1.68. The molecule has 2 atom stereocenters. The van der Waals surface area contributed by atoms with Crippen LogP contribution in [0.15, 0.2) is 36.4 Å². The van der Waals surface area contributed by atoms with E-state index in [1.54, 1.807) is 13.1 Å². The highest BCUT2D eigenvalue weighted by atomic mass is 16.4. The van der Waals surface area contributed by atoms with E-state index >= 15 is 0 Å². The molecule has 4 rings (SSSR count). The Labute approximate surface area is 149 Å². The maximum atomic E-state index is 13.0. The van der Waals surface area contributed by atoms with Crippen molar-refractivity contribution in [1.82, 2.24) is 20.0 Å². The van der Waals surface area contributed by atoms with E-state index in [0.717, 1.165) is 5.56 Å². The molecule has 2 saturated heterocycles. The highest BCUT2D eigenvalue weighted by Gasteiger charge is 2.60. The van der Waals surface area contributed by atoms with Gasteiger partial charge >= 0.3 is 5.97 Å². The summed E-state index contributed by atoms with van der Waals surface area (Å²) >= 11 is 0. The van der Waals surface area contributed by atoms with Gasteiger partial charge in [-0.2, -0.15) is 5.10 Å². The SMILES string of the molecule is Cn1nc(-c2ccccc2)cc1C(=O)N1C[C@H]2C(=O)NC[C@@]2(C(=O)O)C1. The molecule has 2 aliphatic heterocycles. The summed E-state index contributed by atoms with van der Waals surface area (Å²) in [4.78, 5) is 38.2. The van der Waals surface area contributed by atoms with E-state index in [1.807, 2.05) is 30.3 Å². The average molecular weight is 354 g/mol. The molecule has 2 aromatic rings. The number of carbonyl (C=O) groups is 3. The number of hydrogen-bond donors (Lipinski definition) is 2. The number of carboxylic acids is 1. The zero-order chi connectivity index (χ0) is 18.5. The molecule has 0 spiro atoms. The van der Waals surface area contributed by atoms with E-state index in [2.05, 4.69) is 10.4 Å². The molecule has 0 bridgehead atoms. The first kappa shape index (κ1) is 16.3. The fourth-order valence-corrected chi connectivity index (χ4v) is 3.82. The number of aromatic nitrogens is 2. The Kier molecular flexibility index (Phi) is 3.57. The molecule has 3 heterocycles. The van der Waals surface area contributed by atoms with Crippen molar-refractivity contribution in [3.8, 4) is 11.3 Å². The van der Waals surface area contributed by atoms with Gasteiger partial charge in [-0.1, -0.05) is 30.3 Å². The standard InChI is InChI=1S/C18H18N4O4/c1-21-14(7-13(20-21)11-5-3-2-4-6-11)16(24)22-8-12-15(23)19-9-18(12,10-22)17(25)26/h2-7,12H,8-10H2,1H3,(H,19,23)(H,25,26)/t12-,18+/m0/s1. The number of fused-ring (bicyclic) bond motifs is 1. The van der Waals surface area contributed by atoms with Crippen molar-refractivity contribution in [1.29, 1.82) is 0 Å². The third kappa shape index (κ3) is 2.29. The number of benzene rings is 1. The number of nitrogens with zero attached hydrogens (tertiary/aromatic N) is 3. The summed E-state index contributed by atoms with van der Waals surface area (Å²) in [6, 6.07) is 11.2. The van der Waals surface area contributed by atoms with Crippen molar-refractivity contribution in [3.05, 3.63) is 42.1 Å².